The van der Waals surface area contributed by atoms with Gasteiger partial charge in [0.05, 0.1) is 6.26 Å². The molecule has 1 N–H and O–H groups in total. The normalized spacial score (nSPS) is 12.0. The lowest BCUT2D eigenvalue weighted by Crippen LogP contribution is -2.32. The van der Waals surface area contributed by atoms with Gasteiger partial charge in [0.2, 0.25) is 10.0 Å². The minimum Gasteiger partial charge on any atom is -0.313 e. The molecule has 1 rings (SSSR count). The van der Waals surface area contributed by atoms with Crippen molar-refractivity contribution in [2.24, 2.45) is 0 Å². The van der Waals surface area contributed by atoms with Crippen molar-refractivity contribution in [1.82, 2.24) is 9.62 Å². The van der Waals surface area contributed by atoms with Crippen molar-refractivity contribution in [3.8, 4) is 0 Å². The average Bonchev–Trinajstić information content (AvgIpc) is 2.34. The van der Waals surface area contributed by atoms with E-state index in [1.807, 2.05) is 31.2 Å². The Hall–Kier alpha value is -0.620. The highest BCUT2D eigenvalue weighted by Crippen LogP contribution is 2.09. The Labute approximate surface area is 120 Å². The number of nitrogens with zero attached hydrogens (tertiary/aromatic N) is 1. The second-order valence-electron chi connectivity index (χ2n) is 4.41. The van der Waals surface area contributed by atoms with Gasteiger partial charge in [0, 0.05) is 24.7 Å². The van der Waals surface area contributed by atoms with Gasteiger partial charge in [-0.1, -0.05) is 30.7 Å². The first-order valence-corrected chi connectivity index (χ1v) is 8.56. The van der Waals surface area contributed by atoms with E-state index in [0.29, 0.717) is 13.1 Å². The summed E-state index contributed by atoms with van der Waals surface area (Å²) in [7, 11) is -3.07. The Morgan fingerprint density at radius 1 is 1.26 bits per heavy atom. The third-order valence-corrected chi connectivity index (χ3v) is 4.46. The summed E-state index contributed by atoms with van der Waals surface area (Å²) in [6, 6.07) is 7.68. The van der Waals surface area contributed by atoms with Crippen molar-refractivity contribution >= 4 is 21.6 Å². The van der Waals surface area contributed by atoms with Gasteiger partial charge < -0.3 is 5.32 Å². The quantitative estimate of drug-likeness (QED) is 0.748. The van der Waals surface area contributed by atoms with Gasteiger partial charge in [-0.15, -0.1) is 0 Å². The highest BCUT2D eigenvalue weighted by Gasteiger charge is 2.12. The van der Waals surface area contributed by atoms with Gasteiger partial charge in [-0.3, -0.25) is 0 Å². The number of halogens is 1. The highest BCUT2D eigenvalue weighted by molar-refractivity contribution is 7.88. The number of rotatable bonds is 8. The number of hydrogen-bond donors (Lipinski definition) is 1. The van der Waals surface area contributed by atoms with Gasteiger partial charge in [-0.25, -0.2) is 12.7 Å². The summed E-state index contributed by atoms with van der Waals surface area (Å²) in [6.07, 6.45) is 2.05. The van der Waals surface area contributed by atoms with Crippen molar-refractivity contribution in [1.29, 1.82) is 0 Å². The first-order valence-electron chi connectivity index (χ1n) is 6.33. The Morgan fingerprint density at radius 2 is 1.89 bits per heavy atom. The zero-order valence-corrected chi connectivity index (χ0v) is 13.0. The van der Waals surface area contributed by atoms with Crippen LogP contribution in [0.25, 0.3) is 0 Å². The molecule has 0 saturated carbocycles. The molecule has 1 aromatic rings. The van der Waals surface area contributed by atoms with Crippen molar-refractivity contribution in [2.45, 2.75) is 19.9 Å². The van der Waals surface area contributed by atoms with Gasteiger partial charge in [-0.2, -0.15) is 0 Å². The van der Waals surface area contributed by atoms with E-state index in [2.05, 4.69) is 5.32 Å². The second-order valence-corrected chi connectivity index (χ2v) is 6.83. The lowest BCUT2D eigenvalue weighted by Gasteiger charge is -2.17. The maximum atomic E-state index is 11.4. The molecule has 0 aliphatic heterocycles. The fraction of sp³-hybridized carbons (Fsp3) is 0.538. The molecule has 0 aliphatic carbocycles. The topological polar surface area (TPSA) is 49.4 Å². The number of hydrogen-bond acceptors (Lipinski definition) is 3. The summed E-state index contributed by atoms with van der Waals surface area (Å²) >= 11 is 5.81. The molecule has 0 radical (unpaired) electrons. The van der Waals surface area contributed by atoms with E-state index in [-0.39, 0.29) is 0 Å². The standard InChI is InChI=1S/C13H21ClN2O2S/c1-3-16(19(2,17)18)10-4-9-15-11-12-5-7-13(14)8-6-12/h5-8,15H,3-4,9-11H2,1-2H3. The third-order valence-electron chi connectivity index (χ3n) is 2.83. The maximum absolute atomic E-state index is 11.4. The molecule has 6 heteroatoms. The molecule has 0 amide bonds. The lowest BCUT2D eigenvalue weighted by molar-refractivity contribution is 0.419. The van der Waals surface area contributed by atoms with Gasteiger partial charge >= 0.3 is 0 Å². The molecule has 19 heavy (non-hydrogen) atoms. The second kappa shape index (κ2) is 7.85. The molecule has 0 aromatic heterocycles. The highest BCUT2D eigenvalue weighted by atomic mass is 35.5. The molecule has 0 fully saturated rings. The fourth-order valence-corrected chi connectivity index (χ4v) is 2.83. The number of nitrogens with one attached hydrogen (secondary N) is 1. The summed E-state index contributed by atoms with van der Waals surface area (Å²) in [4.78, 5) is 0. The molecular weight excluding hydrogens is 284 g/mol. The van der Waals surface area contributed by atoms with Crippen LogP contribution in [0.15, 0.2) is 24.3 Å². The van der Waals surface area contributed by atoms with Crippen molar-refractivity contribution in [3.05, 3.63) is 34.9 Å². The number of benzene rings is 1. The van der Waals surface area contributed by atoms with Crippen LogP contribution in [0, 0.1) is 0 Å². The molecule has 0 atom stereocenters. The zero-order valence-electron chi connectivity index (χ0n) is 11.4. The number of sulfonamides is 1. The minimum absolute atomic E-state index is 0.524. The van der Waals surface area contributed by atoms with E-state index in [9.17, 15) is 8.42 Å². The van der Waals surface area contributed by atoms with Crippen LogP contribution in [-0.4, -0.2) is 38.6 Å². The van der Waals surface area contributed by atoms with E-state index in [1.54, 1.807) is 0 Å². The van der Waals surface area contributed by atoms with Gasteiger partial charge in [-0.05, 0) is 30.7 Å². The van der Waals surface area contributed by atoms with Crippen LogP contribution in [0.2, 0.25) is 5.02 Å². The average molecular weight is 305 g/mol. The Morgan fingerprint density at radius 3 is 2.42 bits per heavy atom. The molecule has 0 spiro atoms. The largest absolute Gasteiger partial charge is 0.313 e. The zero-order chi connectivity index (χ0) is 14.3. The predicted molar refractivity (Wildman–Crippen MR) is 79.9 cm³/mol. The fourth-order valence-electron chi connectivity index (χ4n) is 1.77. The van der Waals surface area contributed by atoms with Crippen molar-refractivity contribution in [2.75, 3.05) is 25.9 Å². The third kappa shape index (κ3) is 6.38. The molecule has 0 saturated heterocycles. The summed E-state index contributed by atoms with van der Waals surface area (Å²) < 4.78 is 24.2. The van der Waals surface area contributed by atoms with Crippen LogP contribution in [0.1, 0.15) is 18.9 Å². The van der Waals surface area contributed by atoms with Crippen LogP contribution in [0.3, 0.4) is 0 Å². The first kappa shape index (κ1) is 16.4. The van der Waals surface area contributed by atoms with Crippen LogP contribution in [0.4, 0.5) is 0 Å². The van der Waals surface area contributed by atoms with Crippen molar-refractivity contribution < 1.29 is 8.42 Å². The van der Waals surface area contributed by atoms with Gasteiger partial charge in [0.15, 0.2) is 0 Å². The molecule has 0 aliphatic rings. The maximum Gasteiger partial charge on any atom is 0.211 e. The lowest BCUT2D eigenvalue weighted by atomic mass is 10.2. The molecule has 1 aromatic carbocycles. The Bertz CT molecular complexity index is 474. The Balaban J connectivity index is 2.22. The van der Waals surface area contributed by atoms with Gasteiger partial charge in [0.25, 0.3) is 0 Å². The molecule has 108 valence electrons. The van der Waals surface area contributed by atoms with E-state index in [1.165, 1.54) is 16.1 Å². The van der Waals surface area contributed by atoms with E-state index in [4.69, 9.17) is 11.6 Å². The van der Waals surface area contributed by atoms with Crippen LogP contribution in [0.5, 0.6) is 0 Å². The summed E-state index contributed by atoms with van der Waals surface area (Å²) in [5.41, 5.74) is 1.17. The van der Waals surface area contributed by atoms with Crippen LogP contribution < -0.4 is 5.32 Å². The summed E-state index contributed by atoms with van der Waals surface area (Å²) in [6.45, 7) is 4.48. The van der Waals surface area contributed by atoms with Gasteiger partial charge in [0.1, 0.15) is 0 Å². The molecule has 0 heterocycles. The predicted octanol–water partition coefficient (Wildman–Crippen LogP) is 2.10. The smallest absolute Gasteiger partial charge is 0.211 e. The van der Waals surface area contributed by atoms with Crippen LogP contribution >= 0.6 is 11.6 Å². The minimum atomic E-state index is -3.07. The summed E-state index contributed by atoms with van der Waals surface area (Å²) in [5.74, 6) is 0. The van der Waals surface area contributed by atoms with E-state index >= 15 is 0 Å². The Kier molecular flexibility index (Phi) is 6.79. The SMILES string of the molecule is CCN(CCCNCc1ccc(Cl)cc1)S(C)(=O)=O. The first-order chi connectivity index (χ1) is 8.93. The van der Waals surface area contributed by atoms with Crippen molar-refractivity contribution in [3.63, 3.8) is 0 Å². The summed E-state index contributed by atoms with van der Waals surface area (Å²) in [5, 5.41) is 4.02. The molecule has 0 unspecified atom stereocenters. The van der Waals surface area contributed by atoms with E-state index in [0.717, 1.165) is 24.5 Å². The molecule has 0 bridgehead atoms. The molecule has 4 nitrogen and oxygen atoms in total. The molecular formula is C13H21ClN2O2S. The van der Waals surface area contributed by atoms with Crippen LogP contribution in [-0.2, 0) is 16.6 Å². The van der Waals surface area contributed by atoms with E-state index < -0.39 is 10.0 Å². The monoisotopic (exact) mass is 304 g/mol.